The minimum Gasteiger partial charge on any atom is -0.691 e. The Bertz CT molecular complexity index is 690. The highest BCUT2D eigenvalue weighted by Crippen LogP contribution is 2.63. The zero-order chi connectivity index (χ0) is 22.8. The smallest absolute Gasteiger partial charge is 0.415 e. The van der Waals surface area contributed by atoms with Crippen molar-refractivity contribution >= 4 is 35.7 Å². The fourth-order valence-corrected chi connectivity index (χ4v) is 7.00. The predicted molar refractivity (Wildman–Crippen MR) is 105 cm³/mol. The Morgan fingerprint density at radius 3 is 2.62 bits per heavy atom. The molecule has 0 aromatic carbocycles. The van der Waals surface area contributed by atoms with E-state index in [-0.39, 0.29) is 13.2 Å². The van der Waals surface area contributed by atoms with Crippen LogP contribution in [0.15, 0.2) is 0 Å². The van der Waals surface area contributed by atoms with Crippen LogP contribution in [0.1, 0.15) is 38.5 Å². The molecule has 5 rings (SSSR count). The molecule has 5 fully saturated rings. The molecule has 3 unspecified atom stereocenters. The van der Waals surface area contributed by atoms with Crippen LogP contribution in [0.2, 0.25) is 0 Å². The van der Waals surface area contributed by atoms with E-state index in [0.717, 1.165) is 37.9 Å². The molecule has 1 saturated heterocycles. The minimum absolute atomic E-state index is 0.185. The number of halogens is 2. The maximum Gasteiger partial charge on any atom is 0.415 e. The number of carbonyl (C=O) groups excluding carboxylic acids is 2. The fraction of sp³-hybridized carbons (Fsp3) is 0.895. The first-order valence-corrected chi connectivity index (χ1v) is 12.3. The standard InChI is InChI=1S/C19H26F2O9S2/c20-19(21,32-30-29-24)16(23)26-11-17-4-12-3-13(5-17)7-18(6-12,10-17)27-8-14(22)28-15-9-31-2-1-25-15/h12-13,15,24H,1-11H2/p-1. The van der Waals surface area contributed by atoms with Crippen LogP contribution < -0.4 is 5.26 Å². The number of rotatable bonds is 10. The maximum absolute atomic E-state index is 13.7. The number of thioether (sulfide) groups is 1. The van der Waals surface area contributed by atoms with Crippen molar-refractivity contribution in [3.63, 3.8) is 0 Å². The van der Waals surface area contributed by atoms with Crippen molar-refractivity contribution in [3.8, 4) is 0 Å². The molecule has 4 saturated carbocycles. The third kappa shape index (κ3) is 5.68. The van der Waals surface area contributed by atoms with Gasteiger partial charge < -0.3 is 24.2 Å². The summed E-state index contributed by atoms with van der Waals surface area (Å²) in [6.45, 7) is 0.141. The molecule has 13 heteroatoms. The van der Waals surface area contributed by atoms with E-state index in [1.807, 2.05) is 0 Å². The number of carbonyl (C=O) groups is 2. The van der Waals surface area contributed by atoms with Crippen LogP contribution in [0.5, 0.6) is 0 Å². The van der Waals surface area contributed by atoms with Gasteiger partial charge in [0.25, 0.3) is 0 Å². The highest BCUT2D eigenvalue weighted by Gasteiger charge is 2.59. The van der Waals surface area contributed by atoms with Gasteiger partial charge in [0.1, 0.15) is 18.6 Å². The first-order valence-electron chi connectivity index (χ1n) is 10.5. The van der Waals surface area contributed by atoms with Gasteiger partial charge in [0, 0.05) is 11.2 Å². The van der Waals surface area contributed by atoms with Crippen molar-refractivity contribution in [1.82, 2.24) is 0 Å². The summed E-state index contributed by atoms with van der Waals surface area (Å²) in [7, 11) is 0. The molecule has 1 aliphatic heterocycles. The van der Waals surface area contributed by atoms with Crippen LogP contribution in [0, 0.1) is 17.3 Å². The molecule has 4 aliphatic carbocycles. The fourth-order valence-electron chi connectivity index (χ4n) is 6.02. The highest BCUT2D eigenvalue weighted by atomic mass is 32.2. The molecule has 182 valence electrons. The molecule has 9 nitrogen and oxygen atoms in total. The van der Waals surface area contributed by atoms with E-state index in [1.165, 1.54) is 0 Å². The highest BCUT2D eigenvalue weighted by molar-refractivity contribution is 7.99. The summed E-state index contributed by atoms with van der Waals surface area (Å²) in [6.07, 6.45) is 4.02. The number of esters is 2. The van der Waals surface area contributed by atoms with Crippen molar-refractivity contribution in [2.45, 2.75) is 55.7 Å². The van der Waals surface area contributed by atoms with Crippen molar-refractivity contribution in [2.24, 2.45) is 17.3 Å². The normalized spacial score (nSPS) is 36.2. The molecule has 0 amide bonds. The molecule has 1 heterocycles. The van der Waals surface area contributed by atoms with Crippen LogP contribution in [-0.2, 0) is 37.9 Å². The van der Waals surface area contributed by atoms with Crippen molar-refractivity contribution in [2.75, 3.05) is 31.3 Å². The predicted octanol–water partition coefficient (Wildman–Crippen LogP) is 1.98. The van der Waals surface area contributed by atoms with Crippen LogP contribution in [0.25, 0.3) is 0 Å². The van der Waals surface area contributed by atoms with Gasteiger partial charge in [-0.2, -0.15) is 24.9 Å². The van der Waals surface area contributed by atoms with Gasteiger partial charge >= 0.3 is 17.2 Å². The third-order valence-corrected chi connectivity index (χ3v) is 8.05. The summed E-state index contributed by atoms with van der Waals surface area (Å²) < 4.78 is 52.7. The second kappa shape index (κ2) is 9.88. The van der Waals surface area contributed by atoms with Gasteiger partial charge in [-0.25, -0.2) is 9.59 Å². The van der Waals surface area contributed by atoms with Gasteiger partial charge in [-0.15, -0.1) is 0 Å². The van der Waals surface area contributed by atoms with Gasteiger partial charge in [0.15, 0.2) is 0 Å². The zero-order valence-electron chi connectivity index (χ0n) is 17.3. The molecule has 0 spiro atoms. The second-order valence-corrected chi connectivity index (χ2v) is 11.1. The lowest BCUT2D eigenvalue weighted by Gasteiger charge is -2.61. The van der Waals surface area contributed by atoms with Gasteiger partial charge in [0.2, 0.25) is 6.29 Å². The summed E-state index contributed by atoms with van der Waals surface area (Å²) in [5, 5.41) is 8.57. The van der Waals surface area contributed by atoms with Crippen molar-refractivity contribution in [3.05, 3.63) is 0 Å². The summed E-state index contributed by atoms with van der Waals surface area (Å²) in [4.78, 5) is 24.1. The average Bonchev–Trinajstić information content (AvgIpc) is 2.74. The van der Waals surface area contributed by atoms with Crippen LogP contribution in [0.3, 0.4) is 0 Å². The summed E-state index contributed by atoms with van der Waals surface area (Å²) in [6, 6.07) is 0. The van der Waals surface area contributed by atoms with E-state index in [9.17, 15) is 23.6 Å². The number of ether oxygens (including phenoxy) is 4. The monoisotopic (exact) mass is 499 g/mol. The molecule has 5 aliphatic rings. The molecular weight excluding hydrogens is 474 g/mol. The maximum atomic E-state index is 13.7. The molecule has 0 radical (unpaired) electrons. The lowest BCUT2D eigenvalue weighted by Crippen LogP contribution is -2.58. The first-order chi connectivity index (χ1) is 15.2. The van der Waals surface area contributed by atoms with E-state index in [1.54, 1.807) is 11.8 Å². The quantitative estimate of drug-likeness (QED) is 0.190. The number of alkyl halides is 2. The molecule has 32 heavy (non-hydrogen) atoms. The summed E-state index contributed by atoms with van der Waals surface area (Å²) >= 11 is 0.952. The van der Waals surface area contributed by atoms with Crippen molar-refractivity contribution in [1.29, 1.82) is 0 Å². The van der Waals surface area contributed by atoms with E-state index >= 15 is 0 Å². The van der Waals surface area contributed by atoms with Gasteiger partial charge in [-0.3, -0.25) is 5.04 Å². The lowest BCUT2D eigenvalue weighted by atomic mass is 9.48. The first kappa shape index (κ1) is 24.4. The Hall–Kier alpha value is -0.700. The molecular formula is C19H25F2O9S2-. The Balaban J connectivity index is 1.33. The summed E-state index contributed by atoms with van der Waals surface area (Å²) in [5.74, 6) is -0.199. The lowest BCUT2D eigenvalue weighted by molar-refractivity contribution is -0.777. The minimum atomic E-state index is -4.07. The van der Waals surface area contributed by atoms with Crippen LogP contribution >= 0.6 is 23.8 Å². The Morgan fingerprint density at radius 1 is 1.22 bits per heavy atom. The van der Waals surface area contributed by atoms with Gasteiger partial charge in [-0.1, -0.05) is 0 Å². The van der Waals surface area contributed by atoms with E-state index in [2.05, 4.69) is 9.37 Å². The zero-order valence-corrected chi connectivity index (χ0v) is 18.9. The van der Waals surface area contributed by atoms with Gasteiger partial charge in [-0.05, 0) is 50.4 Å². The Morgan fingerprint density at radius 2 is 1.97 bits per heavy atom. The molecule has 0 N–H and O–H groups in total. The van der Waals surface area contributed by atoms with Crippen LogP contribution in [0.4, 0.5) is 8.78 Å². The largest absolute Gasteiger partial charge is 0.691 e. The third-order valence-electron chi connectivity index (χ3n) is 6.59. The Labute approximate surface area is 192 Å². The molecule has 4 bridgehead atoms. The average molecular weight is 500 g/mol. The summed E-state index contributed by atoms with van der Waals surface area (Å²) in [5.41, 5.74) is -1.04. The number of hydrogen-bond donors (Lipinski definition) is 0. The molecule has 0 aromatic rings. The molecule has 0 aromatic heterocycles. The number of hydrogen-bond acceptors (Lipinski definition) is 11. The van der Waals surface area contributed by atoms with E-state index < -0.39 is 46.5 Å². The van der Waals surface area contributed by atoms with Gasteiger partial charge in [0.05, 0.1) is 24.6 Å². The molecule has 3 atom stereocenters. The van der Waals surface area contributed by atoms with E-state index in [0.29, 0.717) is 30.6 Å². The SMILES string of the molecule is O=C(COC12CC3CC(CC(COC(=O)C(F)(F)SOO[O-])(C3)C1)C2)OC1CSCCO1. The second-order valence-electron chi connectivity index (χ2n) is 9.11. The topological polar surface area (TPSA) is 113 Å². The van der Waals surface area contributed by atoms with Crippen LogP contribution in [-0.4, -0.2) is 60.4 Å². The van der Waals surface area contributed by atoms with E-state index in [4.69, 9.17) is 18.9 Å². The van der Waals surface area contributed by atoms with Crippen molar-refractivity contribution < 1.29 is 51.9 Å². The Kier molecular flexibility index (Phi) is 7.54.